The quantitative estimate of drug-likeness (QED) is 0.432. The van der Waals surface area contributed by atoms with E-state index in [1.165, 1.54) is 0 Å². The lowest BCUT2D eigenvalue weighted by Crippen LogP contribution is -2.57. The zero-order valence-corrected chi connectivity index (χ0v) is 20.3. The average Bonchev–Trinajstić information content (AvgIpc) is 3.31. The molecule has 2 aromatic carbocycles. The first-order valence-corrected chi connectivity index (χ1v) is 12.3. The van der Waals surface area contributed by atoms with E-state index in [-0.39, 0.29) is 6.54 Å². The van der Waals surface area contributed by atoms with E-state index in [1.54, 1.807) is 17.0 Å². The molecule has 0 aliphatic carbocycles. The molecule has 4 N–H and O–H groups in total. The highest BCUT2D eigenvalue weighted by Gasteiger charge is 2.46. The van der Waals surface area contributed by atoms with Crippen molar-refractivity contribution >= 4 is 17.6 Å². The number of rotatable bonds is 8. The average molecular weight is 506 g/mol. The van der Waals surface area contributed by atoms with Crippen molar-refractivity contribution in [2.24, 2.45) is 0 Å². The van der Waals surface area contributed by atoms with E-state index in [1.807, 2.05) is 37.3 Å². The SMILES string of the molecule is CCOc1ccc(Cc2cc([C@@H]3O[C@H](CN4CCC[C@H]4C(=O)O)[C@@H](O)[C@H](O)[C@H]3O)ccc2Cl)cc1. The zero-order chi connectivity index (χ0) is 25.1. The predicted octanol–water partition coefficient (Wildman–Crippen LogP) is 2.40. The van der Waals surface area contributed by atoms with Crippen LogP contribution in [-0.2, 0) is 16.0 Å². The number of halogens is 1. The zero-order valence-electron chi connectivity index (χ0n) is 19.6. The van der Waals surface area contributed by atoms with Gasteiger partial charge in [0, 0.05) is 11.6 Å². The summed E-state index contributed by atoms with van der Waals surface area (Å²) >= 11 is 6.46. The molecule has 2 aromatic rings. The predicted molar refractivity (Wildman–Crippen MR) is 130 cm³/mol. The van der Waals surface area contributed by atoms with E-state index in [0.717, 1.165) is 23.3 Å². The Kier molecular flexibility index (Phi) is 8.31. The third-order valence-corrected chi connectivity index (χ3v) is 7.17. The number of nitrogens with zero attached hydrogens (tertiary/aromatic N) is 1. The molecule has 0 amide bonds. The van der Waals surface area contributed by atoms with Crippen LogP contribution in [-0.4, -0.2) is 81.4 Å². The molecule has 35 heavy (non-hydrogen) atoms. The van der Waals surface area contributed by atoms with Gasteiger partial charge < -0.3 is 29.9 Å². The molecule has 2 saturated heterocycles. The molecule has 2 heterocycles. The summed E-state index contributed by atoms with van der Waals surface area (Å²) in [5.41, 5.74) is 2.47. The lowest BCUT2D eigenvalue weighted by molar-refractivity contribution is -0.228. The molecule has 2 fully saturated rings. The Balaban J connectivity index is 1.53. The fraction of sp³-hybridized carbons (Fsp3) is 0.500. The van der Waals surface area contributed by atoms with Crippen LogP contribution in [0.1, 0.15) is 42.6 Å². The molecule has 4 rings (SSSR count). The Morgan fingerprint density at radius 2 is 1.86 bits per heavy atom. The van der Waals surface area contributed by atoms with Crippen LogP contribution >= 0.6 is 11.6 Å². The summed E-state index contributed by atoms with van der Waals surface area (Å²) in [5, 5.41) is 41.9. The van der Waals surface area contributed by atoms with E-state index in [4.69, 9.17) is 21.1 Å². The maximum absolute atomic E-state index is 11.6. The Hall–Kier alpha value is -2.20. The molecule has 190 valence electrons. The van der Waals surface area contributed by atoms with Gasteiger partial charge >= 0.3 is 5.97 Å². The molecule has 6 atom stereocenters. The number of ether oxygens (including phenoxy) is 2. The molecule has 0 aromatic heterocycles. The molecule has 2 aliphatic heterocycles. The molecule has 8 nitrogen and oxygen atoms in total. The van der Waals surface area contributed by atoms with Crippen molar-refractivity contribution in [3.63, 3.8) is 0 Å². The van der Waals surface area contributed by atoms with Gasteiger partial charge in [0.15, 0.2) is 0 Å². The van der Waals surface area contributed by atoms with Gasteiger partial charge in [-0.25, -0.2) is 0 Å². The van der Waals surface area contributed by atoms with E-state index >= 15 is 0 Å². The third-order valence-electron chi connectivity index (χ3n) is 6.80. The number of hydrogen-bond donors (Lipinski definition) is 4. The molecule has 0 unspecified atom stereocenters. The highest BCUT2D eigenvalue weighted by molar-refractivity contribution is 6.31. The van der Waals surface area contributed by atoms with Gasteiger partial charge in [0.05, 0.1) is 12.7 Å². The van der Waals surface area contributed by atoms with Gasteiger partial charge in [-0.15, -0.1) is 0 Å². The second-order valence-corrected chi connectivity index (χ2v) is 9.57. The summed E-state index contributed by atoms with van der Waals surface area (Å²) in [5.74, 6) is -0.127. The van der Waals surface area contributed by atoms with Crippen molar-refractivity contribution in [3.05, 3.63) is 64.2 Å². The summed E-state index contributed by atoms with van der Waals surface area (Å²) in [7, 11) is 0. The molecule has 9 heteroatoms. The summed E-state index contributed by atoms with van der Waals surface area (Å²) in [6.45, 7) is 3.23. The van der Waals surface area contributed by atoms with Crippen molar-refractivity contribution in [3.8, 4) is 5.75 Å². The van der Waals surface area contributed by atoms with E-state index in [9.17, 15) is 25.2 Å². The van der Waals surface area contributed by atoms with Gasteiger partial charge in [-0.1, -0.05) is 35.9 Å². The fourth-order valence-corrected chi connectivity index (χ4v) is 5.11. The van der Waals surface area contributed by atoms with Crippen LogP contribution in [0, 0.1) is 0 Å². The van der Waals surface area contributed by atoms with Crippen LogP contribution in [0.4, 0.5) is 0 Å². The third kappa shape index (κ3) is 5.80. The molecule has 0 saturated carbocycles. The molecule has 0 spiro atoms. The number of carboxylic acid groups (broad SMARTS) is 1. The summed E-state index contributed by atoms with van der Waals surface area (Å²) < 4.78 is 11.6. The highest BCUT2D eigenvalue weighted by atomic mass is 35.5. The first-order valence-electron chi connectivity index (χ1n) is 11.9. The number of carboxylic acids is 1. The number of likely N-dealkylation sites (tertiary alicyclic amines) is 1. The van der Waals surface area contributed by atoms with Crippen molar-refractivity contribution in [2.75, 3.05) is 19.7 Å². The fourth-order valence-electron chi connectivity index (χ4n) is 4.93. The number of aliphatic carboxylic acids is 1. The number of aliphatic hydroxyl groups is 3. The normalized spacial score (nSPS) is 29.3. The van der Waals surface area contributed by atoms with Crippen molar-refractivity contribution < 1.29 is 34.7 Å². The monoisotopic (exact) mass is 505 g/mol. The Labute approximate surface area is 209 Å². The minimum absolute atomic E-state index is 0.144. The lowest BCUT2D eigenvalue weighted by atomic mass is 9.89. The Bertz CT molecular complexity index is 1020. The van der Waals surface area contributed by atoms with Gasteiger partial charge in [-0.3, -0.25) is 9.69 Å². The Morgan fingerprint density at radius 1 is 1.11 bits per heavy atom. The lowest BCUT2D eigenvalue weighted by Gasteiger charge is -2.42. The maximum Gasteiger partial charge on any atom is 0.320 e. The number of benzene rings is 2. The van der Waals surface area contributed by atoms with Crippen LogP contribution in [0.25, 0.3) is 0 Å². The van der Waals surface area contributed by atoms with E-state index in [2.05, 4.69) is 0 Å². The second-order valence-electron chi connectivity index (χ2n) is 9.16. The van der Waals surface area contributed by atoms with Gasteiger partial charge in [0.25, 0.3) is 0 Å². The van der Waals surface area contributed by atoms with Crippen LogP contribution in [0.3, 0.4) is 0 Å². The highest BCUT2D eigenvalue weighted by Crippen LogP contribution is 2.35. The summed E-state index contributed by atoms with van der Waals surface area (Å²) in [4.78, 5) is 13.3. The van der Waals surface area contributed by atoms with Gasteiger partial charge in [0.1, 0.15) is 36.2 Å². The molecule has 0 radical (unpaired) electrons. The van der Waals surface area contributed by atoms with Crippen molar-refractivity contribution in [1.82, 2.24) is 4.90 Å². The van der Waals surface area contributed by atoms with Crippen LogP contribution in [0.2, 0.25) is 5.02 Å². The van der Waals surface area contributed by atoms with Gasteiger partial charge in [-0.2, -0.15) is 0 Å². The maximum atomic E-state index is 11.6. The summed E-state index contributed by atoms with van der Waals surface area (Å²) in [6.07, 6.45) is -4.08. The standard InChI is InChI=1S/C26H32ClNO7/c1-2-34-18-8-5-15(6-9-18)12-17-13-16(7-10-19(17)27)25-24(31)23(30)22(29)21(35-25)14-28-11-3-4-20(28)26(32)33/h5-10,13,20-25,29-31H,2-4,11-12,14H2,1H3,(H,32,33)/t20-,21+,22+,23-,24+,25-/m0/s1. The van der Waals surface area contributed by atoms with Crippen LogP contribution < -0.4 is 4.74 Å². The van der Waals surface area contributed by atoms with Crippen LogP contribution in [0.15, 0.2) is 42.5 Å². The molecular formula is C26H32ClNO7. The number of hydrogen-bond acceptors (Lipinski definition) is 7. The number of carbonyl (C=O) groups is 1. The minimum Gasteiger partial charge on any atom is -0.494 e. The van der Waals surface area contributed by atoms with Crippen LogP contribution in [0.5, 0.6) is 5.75 Å². The Morgan fingerprint density at radius 3 is 2.54 bits per heavy atom. The van der Waals surface area contributed by atoms with Gasteiger partial charge in [-0.05, 0) is 67.6 Å². The smallest absolute Gasteiger partial charge is 0.320 e. The van der Waals surface area contributed by atoms with E-state index < -0.39 is 42.5 Å². The topological polar surface area (TPSA) is 120 Å². The first-order chi connectivity index (χ1) is 16.8. The minimum atomic E-state index is -1.44. The number of aliphatic hydroxyl groups excluding tert-OH is 3. The molecule has 2 aliphatic rings. The van der Waals surface area contributed by atoms with E-state index in [0.29, 0.717) is 36.6 Å². The van der Waals surface area contributed by atoms with Crippen molar-refractivity contribution in [1.29, 1.82) is 0 Å². The van der Waals surface area contributed by atoms with Crippen molar-refractivity contribution in [2.45, 2.75) is 62.7 Å². The second kappa shape index (κ2) is 11.2. The summed E-state index contributed by atoms with van der Waals surface area (Å²) in [6, 6.07) is 12.4. The van der Waals surface area contributed by atoms with Gasteiger partial charge in [0.2, 0.25) is 0 Å². The molecule has 0 bridgehead atoms. The largest absolute Gasteiger partial charge is 0.494 e. The molecular weight excluding hydrogens is 474 g/mol. The first kappa shape index (κ1) is 25.9.